The first kappa shape index (κ1) is 14.7. The van der Waals surface area contributed by atoms with Crippen molar-refractivity contribution in [2.75, 3.05) is 6.79 Å². The Bertz CT molecular complexity index is 798. The number of ether oxygens (including phenoxy) is 3. The van der Waals surface area contributed by atoms with Crippen molar-refractivity contribution in [1.82, 2.24) is 0 Å². The maximum atomic E-state index is 12.4. The average Bonchev–Trinajstić information content (AvgIpc) is 3.18. The number of esters is 1. The topological polar surface area (TPSA) is 105 Å². The number of ketones is 1. The highest BCUT2D eigenvalue weighted by Gasteiger charge is 2.38. The van der Waals surface area contributed by atoms with Crippen LogP contribution in [-0.2, 0) is 9.53 Å². The maximum Gasteiger partial charge on any atom is 0.350 e. The molecule has 0 N–H and O–H groups in total. The van der Waals surface area contributed by atoms with Gasteiger partial charge in [0.2, 0.25) is 6.79 Å². The zero-order valence-corrected chi connectivity index (χ0v) is 12.5. The normalized spacial score (nSPS) is 23.8. The van der Waals surface area contributed by atoms with Crippen LogP contribution >= 0.6 is 0 Å². The number of nitro groups is 1. The van der Waals surface area contributed by atoms with Gasteiger partial charge in [-0.2, -0.15) is 0 Å². The monoisotopic (exact) mass is 331 g/mol. The van der Waals surface area contributed by atoms with Gasteiger partial charge in [-0.1, -0.05) is 0 Å². The van der Waals surface area contributed by atoms with E-state index in [0.29, 0.717) is 12.2 Å². The Morgan fingerprint density at radius 1 is 1.21 bits per heavy atom. The molecule has 2 atom stereocenters. The van der Waals surface area contributed by atoms with Crippen molar-refractivity contribution in [3.8, 4) is 11.5 Å². The molecular formula is C16H13NO7. The zero-order valence-electron chi connectivity index (χ0n) is 12.5. The molecule has 24 heavy (non-hydrogen) atoms. The van der Waals surface area contributed by atoms with E-state index in [4.69, 9.17) is 14.2 Å². The second kappa shape index (κ2) is 5.33. The lowest BCUT2D eigenvalue weighted by Gasteiger charge is -2.19. The number of hydrogen-bond acceptors (Lipinski definition) is 7. The molecular weight excluding hydrogens is 318 g/mol. The third kappa shape index (κ3) is 2.31. The van der Waals surface area contributed by atoms with Crippen LogP contribution in [0.4, 0.5) is 5.69 Å². The summed E-state index contributed by atoms with van der Waals surface area (Å²) in [7, 11) is 0. The number of allylic oxidation sites excluding steroid dienone is 2. The fraction of sp³-hybridized carbons (Fsp3) is 0.375. The minimum atomic E-state index is -0.871. The fourth-order valence-electron chi connectivity index (χ4n) is 3.39. The third-order valence-electron chi connectivity index (χ3n) is 4.64. The minimum absolute atomic E-state index is 0.0114. The van der Waals surface area contributed by atoms with Gasteiger partial charge >= 0.3 is 5.97 Å². The first-order chi connectivity index (χ1) is 11.5. The summed E-state index contributed by atoms with van der Waals surface area (Å²) in [6.45, 7) is -0.0614. The SMILES string of the molecule is O=C(OC1=CC(=O)C2CCC1C2)c1cc2c(cc1[N+](=O)[O-])OCO2. The van der Waals surface area contributed by atoms with Crippen LogP contribution in [0.1, 0.15) is 29.6 Å². The summed E-state index contributed by atoms with van der Waals surface area (Å²) in [6.07, 6.45) is 3.58. The molecule has 1 aromatic rings. The summed E-state index contributed by atoms with van der Waals surface area (Å²) < 4.78 is 15.6. The van der Waals surface area contributed by atoms with Crippen molar-refractivity contribution in [2.45, 2.75) is 19.3 Å². The molecule has 1 heterocycles. The number of carbonyl (C=O) groups excluding carboxylic acids is 2. The summed E-state index contributed by atoms with van der Waals surface area (Å²) in [6, 6.07) is 2.39. The quantitative estimate of drug-likeness (QED) is 0.475. The number of hydrogen-bond donors (Lipinski definition) is 0. The number of benzene rings is 1. The molecule has 0 spiro atoms. The summed E-state index contributed by atoms with van der Waals surface area (Å²) in [5.41, 5.74) is -0.644. The Kier molecular flexibility index (Phi) is 3.26. The van der Waals surface area contributed by atoms with Crippen LogP contribution in [-0.4, -0.2) is 23.5 Å². The summed E-state index contributed by atoms with van der Waals surface area (Å²) in [5.74, 6) is -0.130. The fourth-order valence-corrected chi connectivity index (χ4v) is 3.39. The molecule has 0 amide bonds. The van der Waals surface area contributed by atoms with Crippen molar-refractivity contribution in [3.05, 3.63) is 39.6 Å². The van der Waals surface area contributed by atoms with Crippen LogP contribution < -0.4 is 9.47 Å². The maximum absolute atomic E-state index is 12.4. The molecule has 3 aliphatic rings. The van der Waals surface area contributed by atoms with Crippen molar-refractivity contribution in [2.24, 2.45) is 11.8 Å². The van der Waals surface area contributed by atoms with E-state index in [1.807, 2.05) is 0 Å². The summed E-state index contributed by atoms with van der Waals surface area (Å²) >= 11 is 0. The first-order valence-corrected chi connectivity index (χ1v) is 7.58. The second-order valence-electron chi connectivity index (χ2n) is 6.03. The van der Waals surface area contributed by atoms with Crippen LogP contribution in [0.2, 0.25) is 0 Å². The molecule has 1 fully saturated rings. The number of nitro benzene ring substituents is 1. The van der Waals surface area contributed by atoms with E-state index in [2.05, 4.69) is 0 Å². The van der Waals surface area contributed by atoms with Crippen LogP contribution in [0, 0.1) is 22.0 Å². The van der Waals surface area contributed by atoms with Gasteiger partial charge in [0.25, 0.3) is 5.69 Å². The Morgan fingerprint density at radius 3 is 2.67 bits per heavy atom. The van der Waals surface area contributed by atoms with Crippen molar-refractivity contribution < 1.29 is 28.7 Å². The van der Waals surface area contributed by atoms with Gasteiger partial charge in [-0.05, 0) is 19.3 Å². The Hall–Kier alpha value is -2.90. The van der Waals surface area contributed by atoms with E-state index in [0.717, 1.165) is 18.9 Å². The van der Waals surface area contributed by atoms with Crippen LogP contribution in [0.15, 0.2) is 24.0 Å². The highest BCUT2D eigenvalue weighted by Crippen LogP contribution is 2.42. The second-order valence-corrected chi connectivity index (χ2v) is 6.03. The number of carbonyl (C=O) groups is 2. The molecule has 0 radical (unpaired) electrons. The van der Waals surface area contributed by atoms with Gasteiger partial charge in [-0.25, -0.2) is 4.79 Å². The summed E-state index contributed by atoms with van der Waals surface area (Å²) in [4.78, 5) is 34.9. The Morgan fingerprint density at radius 2 is 1.92 bits per heavy atom. The lowest BCUT2D eigenvalue weighted by Crippen LogP contribution is -2.19. The number of rotatable bonds is 3. The lowest BCUT2D eigenvalue weighted by atomic mass is 9.93. The van der Waals surface area contributed by atoms with E-state index in [9.17, 15) is 19.7 Å². The molecule has 124 valence electrons. The van der Waals surface area contributed by atoms with Crippen LogP contribution in [0.3, 0.4) is 0 Å². The van der Waals surface area contributed by atoms with Gasteiger partial charge < -0.3 is 14.2 Å². The van der Waals surface area contributed by atoms with Crippen molar-refractivity contribution in [3.63, 3.8) is 0 Å². The molecule has 0 saturated heterocycles. The van der Waals surface area contributed by atoms with E-state index in [-0.39, 0.29) is 41.5 Å². The van der Waals surface area contributed by atoms with Gasteiger partial charge in [-0.15, -0.1) is 0 Å². The van der Waals surface area contributed by atoms with E-state index < -0.39 is 16.6 Å². The molecule has 1 aliphatic heterocycles. The third-order valence-corrected chi connectivity index (χ3v) is 4.64. The van der Waals surface area contributed by atoms with Crippen LogP contribution in [0.25, 0.3) is 0 Å². The largest absolute Gasteiger partial charge is 0.454 e. The molecule has 8 nitrogen and oxygen atoms in total. The van der Waals surface area contributed by atoms with E-state index >= 15 is 0 Å². The van der Waals surface area contributed by atoms with E-state index in [1.165, 1.54) is 12.1 Å². The average molecular weight is 331 g/mol. The highest BCUT2D eigenvalue weighted by atomic mass is 16.7. The molecule has 2 aliphatic carbocycles. The highest BCUT2D eigenvalue weighted by molar-refractivity contribution is 5.97. The smallest absolute Gasteiger partial charge is 0.350 e. The predicted molar refractivity (Wildman–Crippen MR) is 78.6 cm³/mol. The predicted octanol–water partition coefficient (Wildman–Crippen LogP) is 2.36. The molecule has 1 saturated carbocycles. The first-order valence-electron chi connectivity index (χ1n) is 7.58. The van der Waals surface area contributed by atoms with Crippen LogP contribution in [0.5, 0.6) is 11.5 Å². The lowest BCUT2D eigenvalue weighted by molar-refractivity contribution is -0.385. The number of fused-ring (bicyclic) bond motifs is 3. The molecule has 8 heteroatoms. The molecule has 4 rings (SSSR count). The Labute approximate surface area is 136 Å². The molecule has 2 bridgehead atoms. The molecule has 2 unspecified atom stereocenters. The van der Waals surface area contributed by atoms with Crippen molar-refractivity contribution in [1.29, 1.82) is 0 Å². The standard InChI is InChI=1S/C16H13NO7/c18-12-6-13(9-2-1-8(12)3-9)24-16(19)10-4-14-15(23-7-22-14)5-11(10)17(20)21/h4-6,8-9H,1-3,7H2. The Balaban J connectivity index is 1.65. The van der Waals surface area contributed by atoms with Gasteiger partial charge in [0.1, 0.15) is 11.3 Å². The van der Waals surface area contributed by atoms with Gasteiger partial charge in [0.15, 0.2) is 17.3 Å². The van der Waals surface area contributed by atoms with Gasteiger partial charge in [0.05, 0.1) is 11.0 Å². The molecule has 1 aromatic carbocycles. The minimum Gasteiger partial charge on any atom is -0.454 e. The zero-order chi connectivity index (χ0) is 16.8. The van der Waals surface area contributed by atoms with E-state index in [1.54, 1.807) is 0 Å². The van der Waals surface area contributed by atoms with Gasteiger partial charge in [0, 0.05) is 24.0 Å². The summed E-state index contributed by atoms with van der Waals surface area (Å²) in [5, 5.41) is 11.2. The molecule has 0 aromatic heterocycles. The van der Waals surface area contributed by atoms with Gasteiger partial charge in [-0.3, -0.25) is 14.9 Å². The van der Waals surface area contributed by atoms with Crippen molar-refractivity contribution >= 4 is 17.4 Å². The number of nitrogens with zero attached hydrogens (tertiary/aromatic N) is 1.